The normalized spacial score (nSPS) is 14.2. The molecule has 0 radical (unpaired) electrons. The van der Waals surface area contributed by atoms with E-state index in [0.29, 0.717) is 28.4 Å². The molecule has 1 N–H and O–H groups in total. The van der Waals surface area contributed by atoms with Gasteiger partial charge in [-0.25, -0.2) is 9.37 Å². The van der Waals surface area contributed by atoms with Gasteiger partial charge < -0.3 is 9.72 Å². The van der Waals surface area contributed by atoms with Crippen molar-refractivity contribution < 1.29 is 9.18 Å². The Morgan fingerprint density at radius 2 is 2.13 bits per heavy atom. The van der Waals surface area contributed by atoms with Crippen molar-refractivity contribution in [1.29, 1.82) is 0 Å². The number of carbonyl (C=O) groups is 1. The van der Waals surface area contributed by atoms with Gasteiger partial charge >= 0.3 is 0 Å². The lowest BCUT2D eigenvalue weighted by atomic mass is 10.1. The molecule has 3 aromatic heterocycles. The van der Waals surface area contributed by atoms with Crippen LogP contribution in [0.5, 0.6) is 0 Å². The highest BCUT2D eigenvalue weighted by Crippen LogP contribution is 2.30. The lowest BCUT2D eigenvalue weighted by Crippen LogP contribution is -2.13. The zero-order valence-corrected chi connectivity index (χ0v) is 12.5. The lowest BCUT2D eigenvalue weighted by Gasteiger charge is -2.04. The van der Waals surface area contributed by atoms with Crippen LogP contribution in [0, 0.1) is 18.7 Å². The highest BCUT2D eigenvalue weighted by Gasteiger charge is 2.30. The summed E-state index contributed by atoms with van der Waals surface area (Å²) in [5.74, 6) is 0.164. The van der Waals surface area contributed by atoms with Gasteiger partial charge in [0.25, 0.3) is 0 Å². The molecule has 0 aliphatic heterocycles. The van der Waals surface area contributed by atoms with Gasteiger partial charge in [0.15, 0.2) is 17.3 Å². The van der Waals surface area contributed by atoms with Gasteiger partial charge in [0.05, 0.1) is 24.3 Å². The SMILES string of the molecule is Cc1cc(-c2cn3cc(NC(=O)C4CC4)nc3cn2)c(F)cn1. The monoisotopic (exact) mass is 311 g/mol. The number of nitrogens with one attached hydrogen (secondary N) is 1. The first-order valence-corrected chi connectivity index (χ1v) is 7.38. The van der Waals surface area contributed by atoms with Gasteiger partial charge in [0.2, 0.25) is 5.91 Å². The summed E-state index contributed by atoms with van der Waals surface area (Å²) < 4.78 is 15.7. The molecule has 1 aliphatic carbocycles. The largest absolute Gasteiger partial charge is 0.309 e. The smallest absolute Gasteiger partial charge is 0.228 e. The highest BCUT2D eigenvalue weighted by atomic mass is 19.1. The van der Waals surface area contributed by atoms with Crippen LogP contribution < -0.4 is 5.32 Å². The number of hydrogen-bond acceptors (Lipinski definition) is 4. The van der Waals surface area contributed by atoms with Crippen molar-refractivity contribution in [3.8, 4) is 11.3 Å². The second kappa shape index (κ2) is 5.12. The number of fused-ring (bicyclic) bond motifs is 1. The van der Waals surface area contributed by atoms with Crippen molar-refractivity contribution in [2.24, 2.45) is 5.92 Å². The fraction of sp³-hybridized carbons (Fsp3) is 0.250. The van der Waals surface area contributed by atoms with Gasteiger partial charge in [0.1, 0.15) is 0 Å². The molecule has 3 heterocycles. The molecule has 0 bridgehead atoms. The molecule has 1 amide bonds. The molecule has 3 aromatic rings. The molecular formula is C16H14FN5O. The van der Waals surface area contributed by atoms with E-state index in [0.717, 1.165) is 12.8 Å². The molecule has 0 atom stereocenters. The molecule has 6 nitrogen and oxygen atoms in total. The maximum Gasteiger partial charge on any atom is 0.228 e. The summed E-state index contributed by atoms with van der Waals surface area (Å²) in [6, 6.07) is 1.65. The predicted molar refractivity (Wildman–Crippen MR) is 82.3 cm³/mol. The van der Waals surface area contributed by atoms with Crippen LogP contribution in [0.15, 0.2) is 30.9 Å². The molecule has 23 heavy (non-hydrogen) atoms. The van der Waals surface area contributed by atoms with Crippen LogP contribution in [0.3, 0.4) is 0 Å². The molecule has 0 unspecified atom stereocenters. The van der Waals surface area contributed by atoms with E-state index in [-0.39, 0.29) is 11.8 Å². The molecule has 0 saturated heterocycles. The van der Waals surface area contributed by atoms with E-state index in [4.69, 9.17) is 0 Å². The third-order valence-corrected chi connectivity index (χ3v) is 3.81. The number of carbonyl (C=O) groups excluding carboxylic acids is 1. The molecule has 0 spiro atoms. The minimum absolute atomic E-state index is 0.00242. The van der Waals surface area contributed by atoms with Gasteiger partial charge in [-0.2, -0.15) is 0 Å². The number of halogens is 1. The Bertz CT molecular complexity index is 916. The average molecular weight is 311 g/mol. The van der Waals surface area contributed by atoms with Crippen LogP contribution in [-0.4, -0.2) is 25.3 Å². The average Bonchev–Trinajstić information content (AvgIpc) is 3.30. The fourth-order valence-electron chi connectivity index (χ4n) is 2.41. The second-order valence-electron chi connectivity index (χ2n) is 5.73. The van der Waals surface area contributed by atoms with Crippen LogP contribution in [0.25, 0.3) is 16.9 Å². The summed E-state index contributed by atoms with van der Waals surface area (Å²) in [5, 5.41) is 2.79. The second-order valence-corrected chi connectivity index (χ2v) is 5.73. The Balaban J connectivity index is 1.69. The van der Waals surface area contributed by atoms with Crippen LogP contribution in [0.1, 0.15) is 18.5 Å². The number of anilines is 1. The molecular weight excluding hydrogens is 297 g/mol. The number of imidazole rings is 1. The molecule has 4 rings (SSSR count). The van der Waals surface area contributed by atoms with Gasteiger partial charge in [-0.1, -0.05) is 0 Å². The van der Waals surface area contributed by atoms with Crippen molar-refractivity contribution >= 4 is 17.4 Å². The first-order chi connectivity index (χ1) is 11.1. The summed E-state index contributed by atoms with van der Waals surface area (Å²) >= 11 is 0. The fourth-order valence-corrected chi connectivity index (χ4v) is 2.41. The Hall–Kier alpha value is -2.83. The summed E-state index contributed by atoms with van der Waals surface area (Å²) in [6.07, 6.45) is 8.00. The van der Waals surface area contributed by atoms with Crippen LogP contribution in [0.2, 0.25) is 0 Å². The minimum atomic E-state index is -0.426. The third-order valence-electron chi connectivity index (χ3n) is 3.81. The zero-order valence-electron chi connectivity index (χ0n) is 12.5. The molecule has 1 saturated carbocycles. The van der Waals surface area contributed by atoms with Crippen LogP contribution in [0.4, 0.5) is 10.2 Å². The van der Waals surface area contributed by atoms with E-state index >= 15 is 0 Å². The number of aromatic nitrogens is 4. The Kier molecular flexibility index (Phi) is 3.07. The number of rotatable bonds is 3. The van der Waals surface area contributed by atoms with Crippen molar-refractivity contribution in [3.05, 3.63) is 42.4 Å². The number of pyridine rings is 1. The Morgan fingerprint density at radius 3 is 2.91 bits per heavy atom. The van der Waals surface area contributed by atoms with Crippen molar-refractivity contribution in [3.63, 3.8) is 0 Å². The zero-order chi connectivity index (χ0) is 16.0. The highest BCUT2D eigenvalue weighted by molar-refractivity contribution is 5.93. The standard InChI is InChI=1S/C16H14FN5O/c1-9-4-11(12(17)5-18-9)13-7-22-8-14(20-15(22)6-19-13)21-16(23)10-2-3-10/h4-8,10H,2-3H2,1H3,(H,21,23). The predicted octanol–water partition coefficient (Wildman–Crippen LogP) is 2.59. The van der Waals surface area contributed by atoms with Crippen molar-refractivity contribution in [2.45, 2.75) is 19.8 Å². The summed E-state index contributed by atoms with van der Waals surface area (Å²) in [6.45, 7) is 1.80. The maximum atomic E-state index is 13.9. The van der Waals surface area contributed by atoms with E-state index < -0.39 is 5.82 Å². The third kappa shape index (κ3) is 2.65. The molecule has 1 aliphatic rings. The Labute approximate surface area is 131 Å². The van der Waals surface area contributed by atoms with Gasteiger partial charge in [-0.15, -0.1) is 0 Å². The van der Waals surface area contributed by atoms with E-state index in [1.54, 1.807) is 36.0 Å². The first-order valence-electron chi connectivity index (χ1n) is 7.38. The van der Waals surface area contributed by atoms with E-state index in [1.165, 1.54) is 6.20 Å². The topological polar surface area (TPSA) is 72.2 Å². The van der Waals surface area contributed by atoms with Gasteiger partial charge in [-0.3, -0.25) is 14.8 Å². The quantitative estimate of drug-likeness (QED) is 0.807. The van der Waals surface area contributed by atoms with Gasteiger partial charge in [-0.05, 0) is 25.8 Å². The number of nitrogens with zero attached hydrogens (tertiary/aromatic N) is 4. The van der Waals surface area contributed by atoms with Crippen LogP contribution >= 0.6 is 0 Å². The van der Waals surface area contributed by atoms with Crippen LogP contribution in [-0.2, 0) is 4.79 Å². The number of amides is 1. The molecule has 7 heteroatoms. The van der Waals surface area contributed by atoms with E-state index in [1.807, 2.05) is 0 Å². The van der Waals surface area contributed by atoms with Gasteiger partial charge in [0, 0.05) is 23.4 Å². The number of hydrogen-bond donors (Lipinski definition) is 1. The summed E-state index contributed by atoms with van der Waals surface area (Å²) in [7, 11) is 0. The lowest BCUT2D eigenvalue weighted by molar-refractivity contribution is -0.117. The van der Waals surface area contributed by atoms with E-state index in [9.17, 15) is 9.18 Å². The Morgan fingerprint density at radius 1 is 1.30 bits per heavy atom. The summed E-state index contributed by atoms with van der Waals surface area (Å²) in [5.41, 5.74) is 2.17. The van der Waals surface area contributed by atoms with E-state index in [2.05, 4.69) is 20.3 Å². The van der Waals surface area contributed by atoms with Crippen molar-refractivity contribution in [1.82, 2.24) is 19.4 Å². The number of aryl methyl sites for hydroxylation is 1. The first kappa shape index (κ1) is 13.8. The molecule has 1 fully saturated rings. The minimum Gasteiger partial charge on any atom is -0.309 e. The molecule has 116 valence electrons. The maximum absolute atomic E-state index is 13.9. The summed E-state index contributed by atoms with van der Waals surface area (Å²) in [4.78, 5) is 24.3. The van der Waals surface area contributed by atoms with Crippen molar-refractivity contribution in [2.75, 3.05) is 5.32 Å². The molecule has 0 aromatic carbocycles.